The second-order valence-corrected chi connectivity index (χ2v) is 6.02. The summed E-state index contributed by atoms with van der Waals surface area (Å²) in [6.07, 6.45) is 0. The first-order chi connectivity index (χ1) is 12.4. The first-order valence-corrected chi connectivity index (χ1v) is 8.03. The van der Waals surface area contributed by atoms with Crippen molar-refractivity contribution in [3.05, 3.63) is 70.1 Å². The molecule has 0 aliphatic heterocycles. The van der Waals surface area contributed by atoms with E-state index in [0.29, 0.717) is 22.2 Å². The van der Waals surface area contributed by atoms with Gasteiger partial charge in [0.2, 0.25) is 0 Å². The molecular formula is C19H14ClFN2O3. The van der Waals surface area contributed by atoms with Gasteiger partial charge in [-0.1, -0.05) is 11.6 Å². The molecule has 132 valence electrons. The molecule has 26 heavy (non-hydrogen) atoms. The molecule has 1 aromatic heterocycles. The summed E-state index contributed by atoms with van der Waals surface area (Å²) in [5, 5.41) is 3.46. The molecule has 1 amide bonds. The summed E-state index contributed by atoms with van der Waals surface area (Å²) in [6, 6.07) is 10.1. The number of methoxy groups -OCH3 is 1. The molecule has 0 unspecified atom stereocenters. The lowest BCUT2D eigenvalue weighted by Gasteiger charge is -2.11. The number of hydrogen-bond acceptors (Lipinski definition) is 4. The van der Waals surface area contributed by atoms with E-state index in [2.05, 4.69) is 15.0 Å². The Kier molecular flexibility index (Phi) is 4.86. The van der Waals surface area contributed by atoms with Gasteiger partial charge >= 0.3 is 5.97 Å². The van der Waals surface area contributed by atoms with Crippen molar-refractivity contribution in [2.45, 2.75) is 6.92 Å². The van der Waals surface area contributed by atoms with E-state index in [1.54, 1.807) is 13.0 Å². The molecule has 5 nitrogen and oxygen atoms in total. The van der Waals surface area contributed by atoms with Crippen molar-refractivity contribution in [1.29, 1.82) is 0 Å². The van der Waals surface area contributed by atoms with Crippen molar-refractivity contribution in [1.82, 2.24) is 4.98 Å². The predicted molar refractivity (Wildman–Crippen MR) is 97.2 cm³/mol. The van der Waals surface area contributed by atoms with E-state index < -0.39 is 17.7 Å². The highest BCUT2D eigenvalue weighted by atomic mass is 35.5. The lowest BCUT2D eigenvalue weighted by Crippen LogP contribution is -2.14. The van der Waals surface area contributed by atoms with Crippen LogP contribution in [0.15, 0.2) is 42.5 Å². The van der Waals surface area contributed by atoms with E-state index in [0.717, 1.165) is 0 Å². The van der Waals surface area contributed by atoms with Crippen LogP contribution in [0.5, 0.6) is 0 Å². The molecule has 0 saturated carbocycles. The summed E-state index contributed by atoms with van der Waals surface area (Å²) in [7, 11) is 1.26. The molecule has 2 aromatic carbocycles. The number of anilines is 1. The number of nitrogens with one attached hydrogen (secondary N) is 1. The number of amides is 1. The fourth-order valence-corrected chi connectivity index (χ4v) is 2.74. The third-order valence-corrected chi connectivity index (χ3v) is 4.11. The third-order valence-electron chi connectivity index (χ3n) is 3.78. The summed E-state index contributed by atoms with van der Waals surface area (Å²) in [6.45, 7) is 1.71. The molecule has 0 atom stereocenters. The van der Waals surface area contributed by atoms with Gasteiger partial charge in [0, 0.05) is 17.1 Å². The Morgan fingerprint density at radius 2 is 1.92 bits per heavy atom. The lowest BCUT2D eigenvalue weighted by atomic mass is 10.1. The fourth-order valence-electron chi connectivity index (χ4n) is 2.58. The lowest BCUT2D eigenvalue weighted by molar-refractivity contribution is 0.0600. The molecule has 0 radical (unpaired) electrons. The zero-order chi connectivity index (χ0) is 18.8. The largest absolute Gasteiger partial charge is 0.465 e. The van der Waals surface area contributed by atoms with E-state index in [4.69, 9.17) is 11.6 Å². The number of aromatic nitrogens is 1. The molecule has 7 heteroatoms. The minimum Gasteiger partial charge on any atom is -0.465 e. The van der Waals surface area contributed by atoms with Crippen molar-refractivity contribution in [3.63, 3.8) is 0 Å². The first kappa shape index (κ1) is 17.8. The van der Waals surface area contributed by atoms with Crippen LogP contribution in [0.3, 0.4) is 0 Å². The van der Waals surface area contributed by atoms with Gasteiger partial charge in [0.1, 0.15) is 5.82 Å². The normalized spacial score (nSPS) is 10.6. The maximum Gasteiger partial charge on any atom is 0.337 e. The maximum atomic E-state index is 13.5. The highest BCUT2D eigenvalue weighted by Gasteiger charge is 2.16. The van der Waals surface area contributed by atoms with Crippen LogP contribution in [0.1, 0.15) is 26.4 Å². The fraction of sp³-hybridized carbons (Fsp3) is 0.105. The van der Waals surface area contributed by atoms with Gasteiger partial charge in [0.05, 0.1) is 34.5 Å². The molecule has 0 bridgehead atoms. The van der Waals surface area contributed by atoms with E-state index >= 15 is 0 Å². The summed E-state index contributed by atoms with van der Waals surface area (Å²) in [5.74, 6) is -1.43. The van der Waals surface area contributed by atoms with Gasteiger partial charge in [-0.05, 0) is 43.3 Å². The molecule has 0 aliphatic rings. The summed E-state index contributed by atoms with van der Waals surface area (Å²) in [4.78, 5) is 28.7. The van der Waals surface area contributed by atoms with Crippen molar-refractivity contribution in [2.75, 3.05) is 12.4 Å². The molecule has 3 rings (SSSR count). The molecule has 0 saturated heterocycles. The number of carbonyl (C=O) groups is 2. The number of esters is 1. The molecule has 0 aliphatic carbocycles. The summed E-state index contributed by atoms with van der Waals surface area (Å²) < 4.78 is 18.1. The Bertz CT molecular complexity index is 1030. The predicted octanol–water partition coefficient (Wildman–Crippen LogP) is 4.37. The first-order valence-electron chi connectivity index (χ1n) is 7.65. The van der Waals surface area contributed by atoms with Crippen molar-refractivity contribution in [3.8, 4) is 0 Å². The van der Waals surface area contributed by atoms with Crippen LogP contribution in [0, 0.1) is 12.7 Å². The van der Waals surface area contributed by atoms with Gasteiger partial charge in [-0.25, -0.2) is 9.18 Å². The molecule has 1 N–H and O–H groups in total. The maximum absolute atomic E-state index is 13.5. The van der Waals surface area contributed by atoms with E-state index in [1.807, 2.05) is 0 Å². The number of carbonyl (C=O) groups excluding carboxylic acids is 2. The zero-order valence-electron chi connectivity index (χ0n) is 14.0. The van der Waals surface area contributed by atoms with Crippen LogP contribution in [0.2, 0.25) is 5.02 Å². The van der Waals surface area contributed by atoms with Gasteiger partial charge in [-0.15, -0.1) is 0 Å². The number of fused-ring (bicyclic) bond motifs is 1. The molecule has 1 heterocycles. The number of pyridine rings is 1. The number of benzene rings is 2. The smallest absolute Gasteiger partial charge is 0.337 e. The topological polar surface area (TPSA) is 68.3 Å². The van der Waals surface area contributed by atoms with Gasteiger partial charge in [-0.3, -0.25) is 9.78 Å². The van der Waals surface area contributed by atoms with Gasteiger partial charge < -0.3 is 10.1 Å². The Morgan fingerprint density at radius 3 is 2.65 bits per heavy atom. The Hall–Kier alpha value is -2.99. The molecule has 0 fully saturated rings. The number of hydrogen-bond donors (Lipinski definition) is 1. The Morgan fingerprint density at radius 1 is 1.15 bits per heavy atom. The molecular weight excluding hydrogens is 359 g/mol. The van der Waals surface area contributed by atoms with Gasteiger partial charge in [-0.2, -0.15) is 0 Å². The quantitative estimate of drug-likeness (QED) is 0.693. The summed E-state index contributed by atoms with van der Waals surface area (Å²) in [5.41, 5.74) is 1.80. The van der Waals surface area contributed by atoms with Crippen molar-refractivity contribution < 1.29 is 18.7 Å². The number of rotatable bonds is 3. The van der Waals surface area contributed by atoms with Crippen LogP contribution in [-0.4, -0.2) is 24.0 Å². The van der Waals surface area contributed by atoms with Crippen LogP contribution < -0.4 is 5.32 Å². The summed E-state index contributed by atoms with van der Waals surface area (Å²) >= 11 is 6.12. The number of nitrogens with zero attached hydrogens (tertiary/aromatic N) is 1. The minimum atomic E-state index is -0.544. The van der Waals surface area contributed by atoms with Crippen molar-refractivity contribution in [2.24, 2.45) is 0 Å². The van der Waals surface area contributed by atoms with E-state index in [1.165, 1.54) is 43.5 Å². The number of halogens is 2. The molecule has 0 spiro atoms. The second-order valence-electron chi connectivity index (χ2n) is 5.61. The highest BCUT2D eigenvalue weighted by molar-refractivity contribution is 6.34. The Labute approximate surface area is 153 Å². The van der Waals surface area contributed by atoms with Crippen molar-refractivity contribution >= 4 is 40.1 Å². The zero-order valence-corrected chi connectivity index (χ0v) is 14.7. The van der Waals surface area contributed by atoms with E-state index in [-0.39, 0.29) is 16.3 Å². The second kappa shape index (κ2) is 7.09. The highest BCUT2D eigenvalue weighted by Crippen LogP contribution is 2.26. The molecule has 3 aromatic rings. The third kappa shape index (κ3) is 3.50. The average Bonchev–Trinajstić information content (AvgIpc) is 2.61. The van der Waals surface area contributed by atoms with Gasteiger partial charge in [0.15, 0.2) is 0 Å². The van der Waals surface area contributed by atoms with Crippen LogP contribution in [-0.2, 0) is 4.74 Å². The Balaban J connectivity index is 2.01. The average molecular weight is 373 g/mol. The standard InChI is InChI=1S/C19H14ClFN2O3/c1-10-7-14(13-5-4-12(21)9-16(13)22-10)18(24)23-17-8-11(19(25)26-2)3-6-15(17)20/h3-9H,1-2H3,(H,23,24). The van der Waals surface area contributed by atoms with Gasteiger partial charge in [0.25, 0.3) is 5.91 Å². The van der Waals surface area contributed by atoms with Crippen LogP contribution in [0.25, 0.3) is 10.9 Å². The number of ether oxygens (including phenoxy) is 1. The van der Waals surface area contributed by atoms with E-state index in [9.17, 15) is 14.0 Å². The number of aryl methyl sites for hydroxylation is 1. The minimum absolute atomic E-state index is 0.255. The van der Waals surface area contributed by atoms with Crippen LogP contribution >= 0.6 is 11.6 Å². The SMILES string of the molecule is COC(=O)c1ccc(Cl)c(NC(=O)c2cc(C)nc3cc(F)ccc23)c1. The van der Waals surface area contributed by atoms with Crippen LogP contribution in [0.4, 0.5) is 10.1 Å². The monoisotopic (exact) mass is 372 g/mol.